The number of hydrogen-bond acceptors (Lipinski definition) is 1. The maximum absolute atomic E-state index is 3.52. The van der Waals surface area contributed by atoms with Gasteiger partial charge < -0.3 is 5.32 Å². The predicted octanol–water partition coefficient (Wildman–Crippen LogP) is 3.70. The molecule has 3 rings (SSSR count). The highest BCUT2D eigenvalue weighted by Crippen LogP contribution is 2.29. The molecule has 0 radical (unpaired) electrons. The third-order valence-corrected chi connectivity index (χ3v) is 3.87. The van der Waals surface area contributed by atoms with Crippen LogP contribution in [0.1, 0.15) is 31.2 Å². The minimum Gasteiger partial charge on any atom is -0.314 e. The van der Waals surface area contributed by atoms with Gasteiger partial charge in [0.15, 0.2) is 0 Å². The van der Waals surface area contributed by atoms with Gasteiger partial charge in [0, 0.05) is 6.04 Å². The van der Waals surface area contributed by atoms with Crippen LogP contribution >= 0.6 is 0 Å². The third kappa shape index (κ3) is 2.20. The topological polar surface area (TPSA) is 12.0 Å². The first-order chi connectivity index (χ1) is 8.33. The molecule has 1 aliphatic heterocycles. The van der Waals surface area contributed by atoms with Gasteiger partial charge in [-0.25, -0.2) is 0 Å². The van der Waals surface area contributed by atoms with Gasteiger partial charge in [0.2, 0.25) is 0 Å². The van der Waals surface area contributed by atoms with Gasteiger partial charge >= 0.3 is 0 Å². The molecule has 0 saturated carbocycles. The molecule has 0 aromatic heterocycles. The molecule has 1 heterocycles. The molecule has 1 heteroatoms. The van der Waals surface area contributed by atoms with Crippen molar-refractivity contribution in [3.05, 3.63) is 48.0 Å². The molecule has 0 unspecified atom stereocenters. The van der Waals surface area contributed by atoms with Gasteiger partial charge in [0.05, 0.1) is 0 Å². The fourth-order valence-corrected chi connectivity index (χ4v) is 2.90. The highest BCUT2D eigenvalue weighted by atomic mass is 14.9. The van der Waals surface area contributed by atoms with E-state index in [0.717, 1.165) is 12.5 Å². The average molecular weight is 225 g/mol. The molecule has 0 bridgehead atoms. The number of benzene rings is 2. The van der Waals surface area contributed by atoms with Crippen LogP contribution in [0.2, 0.25) is 0 Å². The molecule has 1 aliphatic rings. The first-order valence-corrected chi connectivity index (χ1v) is 6.55. The summed E-state index contributed by atoms with van der Waals surface area (Å²) in [5, 5.41) is 6.24. The zero-order chi connectivity index (χ0) is 11.7. The fourth-order valence-electron chi connectivity index (χ4n) is 2.90. The van der Waals surface area contributed by atoms with Gasteiger partial charge in [-0.05, 0) is 48.6 Å². The molecular formula is C16H19N. The number of piperidine rings is 1. The summed E-state index contributed by atoms with van der Waals surface area (Å²) in [6.45, 7) is 3.44. The molecule has 2 aromatic rings. The Bertz CT molecular complexity index is 518. The Morgan fingerprint density at radius 3 is 2.71 bits per heavy atom. The second kappa shape index (κ2) is 4.50. The molecule has 0 amide bonds. The van der Waals surface area contributed by atoms with Crippen molar-refractivity contribution in [2.24, 2.45) is 0 Å². The van der Waals surface area contributed by atoms with Crippen molar-refractivity contribution in [3.8, 4) is 0 Å². The van der Waals surface area contributed by atoms with Gasteiger partial charge in [-0.2, -0.15) is 0 Å². The number of hydrogen-bond donors (Lipinski definition) is 1. The van der Waals surface area contributed by atoms with Crippen LogP contribution in [0.5, 0.6) is 0 Å². The largest absolute Gasteiger partial charge is 0.314 e. The molecule has 0 spiro atoms. The molecule has 1 nitrogen and oxygen atoms in total. The summed E-state index contributed by atoms with van der Waals surface area (Å²) in [7, 11) is 0. The van der Waals surface area contributed by atoms with E-state index in [1.165, 1.54) is 29.2 Å². The number of fused-ring (bicyclic) bond motifs is 1. The van der Waals surface area contributed by atoms with Crippen molar-refractivity contribution in [2.45, 2.75) is 31.7 Å². The van der Waals surface area contributed by atoms with Crippen molar-refractivity contribution >= 4 is 10.8 Å². The Hall–Kier alpha value is -1.34. The summed E-state index contributed by atoms with van der Waals surface area (Å²) >= 11 is 0. The predicted molar refractivity (Wildman–Crippen MR) is 73.4 cm³/mol. The lowest BCUT2D eigenvalue weighted by Crippen LogP contribution is -2.34. The highest BCUT2D eigenvalue weighted by molar-refractivity contribution is 5.83. The lowest BCUT2D eigenvalue weighted by atomic mass is 9.86. The standard InChI is InChI=1S/C16H19N/c1-12-10-16(8-9-17-12)15-7-6-13-4-2-3-5-14(13)11-15/h2-7,11-12,16-17H,8-10H2,1H3/t12-,16-/m0/s1. The van der Waals surface area contributed by atoms with Gasteiger partial charge in [-0.1, -0.05) is 42.5 Å². The first-order valence-electron chi connectivity index (χ1n) is 6.55. The Balaban J connectivity index is 1.94. The van der Waals surface area contributed by atoms with E-state index >= 15 is 0 Å². The summed E-state index contributed by atoms with van der Waals surface area (Å²) < 4.78 is 0. The normalized spacial score (nSPS) is 25.0. The van der Waals surface area contributed by atoms with E-state index in [0.29, 0.717) is 6.04 Å². The van der Waals surface area contributed by atoms with Crippen LogP contribution in [-0.4, -0.2) is 12.6 Å². The van der Waals surface area contributed by atoms with Crippen LogP contribution < -0.4 is 5.32 Å². The van der Waals surface area contributed by atoms with Crippen LogP contribution in [0.3, 0.4) is 0 Å². The van der Waals surface area contributed by atoms with E-state index in [1.807, 2.05) is 0 Å². The van der Waals surface area contributed by atoms with Crippen LogP contribution in [0.4, 0.5) is 0 Å². The van der Waals surface area contributed by atoms with Gasteiger partial charge in [0.25, 0.3) is 0 Å². The van der Waals surface area contributed by atoms with Crippen molar-refractivity contribution < 1.29 is 0 Å². The second-order valence-electron chi connectivity index (χ2n) is 5.18. The van der Waals surface area contributed by atoms with Crippen molar-refractivity contribution in [3.63, 3.8) is 0 Å². The van der Waals surface area contributed by atoms with Crippen LogP contribution in [0.15, 0.2) is 42.5 Å². The highest BCUT2D eigenvalue weighted by Gasteiger charge is 2.19. The molecular weight excluding hydrogens is 206 g/mol. The van der Waals surface area contributed by atoms with Crippen LogP contribution in [-0.2, 0) is 0 Å². The molecule has 1 N–H and O–H groups in total. The second-order valence-corrected chi connectivity index (χ2v) is 5.18. The smallest absolute Gasteiger partial charge is 0.00445 e. The van der Waals surface area contributed by atoms with Gasteiger partial charge in [-0.3, -0.25) is 0 Å². The summed E-state index contributed by atoms with van der Waals surface area (Å²) in [5.74, 6) is 0.732. The van der Waals surface area contributed by atoms with E-state index in [-0.39, 0.29) is 0 Å². The Morgan fingerprint density at radius 2 is 1.88 bits per heavy atom. The average Bonchev–Trinajstić information content (AvgIpc) is 2.38. The molecule has 2 aromatic carbocycles. The van der Waals surface area contributed by atoms with E-state index in [4.69, 9.17) is 0 Å². The summed E-state index contributed by atoms with van der Waals surface area (Å²) in [6, 6.07) is 16.2. The lowest BCUT2D eigenvalue weighted by Gasteiger charge is -2.28. The van der Waals surface area contributed by atoms with E-state index < -0.39 is 0 Å². The summed E-state index contributed by atoms with van der Waals surface area (Å²) in [6.07, 6.45) is 2.53. The molecule has 17 heavy (non-hydrogen) atoms. The van der Waals surface area contributed by atoms with Gasteiger partial charge in [0.1, 0.15) is 0 Å². The van der Waals surface area contributed by atoms with Gasteiger partial charge in [-0.15, -0.1) is 0 Å². The monoisotopic (exact) mass is 225 g/mol. The minimum atomic E-state index is 0.653. The van der Waals surface area contributed by atoms with E-state index in [2.05, 4.69) is 54.7 Å². The zero-order valence-electron chi connectivity index (χ0n) is 10.3. The van der Waals surface area contributed by atoms with Crippen LogP contribution in [0, 0.1) is 0 Å². The van der Waals surface area contributed by atoms with E-state index in [1.54, 1.807) is 0 Å². The zero-order valence-corrected chi connectivity index (χ0v) is 10.3. The number of nitrogens with one attached hydrogen (secondary N) is 1. The lowest BCUT2D eigenvalue weighted by molar-refractivity contribution is 0.381. The van der Waals surface area contributed by atoms with E-state index in [9.17, 15) is 0 Å². The SMILES string of the molecule is C[C@H]1C[C@@H](c2ccc3ccccc3c2)CCN1. The van der Waals surface area contributed by atoms with Crippen molar-refractivity contribution in [2.75, 3.05) is 6.54 Å². The third-order valence-electron chi connectivity index (χ3n) is 3.87. The van der Waals surface area contributed by atoms with Crippen LogP contribution in [0.25, 0.3) is 10.8 Å². The molecule has 1 fully saturated rings. The maximum Gasteiger partial charge on any atom is 0.00445 e. The van der Waals surface area contributed by atoms with Crippen molar-refractivity contribution in [1.82, 2.24) is 5.32 Å². The fraction of sp³-hybridized carbons (Fsp3) is 0.375. The Morgan fingerprint density at radius 1 is 1.06 bits per heavy atom. The minimum absolute atomic E-state index is 0.653. The summed E-state index contributed by atoms with van der Waals surface area (Å²) in [4.78, 5) is 0. The molecule has 2 atom stereocenters. The molecule has 1 saturated heterocycles. The quantitative estimate of drug-likeness (QED) is 0.780. The maximum atomic E-state index is 3.52. The number of rotatable bonds is 1. The first kappa shape index (κ1) is 10.8. The molecule has 88 valence electrons. The summed E-state index contributed by atoms with van der Waals surface area (Å²) in [5.41, 5.74) is 1.51. The molecule has 0 aliphatic carbocycles. The Kier molecular flexibility index (Phi) is 2.86. The van der Waals surface area contributed by atoms with Crippen molar-refractivity contribution in [1.29, 1.82) is 0 Å². The Labute approximate surface area is 103 Å².